The molecule has 0 saturated carbocycles. The maximum absolute atomic E-state index is 14.2. The SMILES string of the molecule is CN1C=CN(C(=O)N2CCCC(c3cccc(Cl)c3F)C2)C1. The van der Waals surface area contributed by atoms with Crippen LogP contribution < -0.4 is 0 Å². The number of hydrogen-bond acceptors (Lipinski definition) is 2. The van der Waals surface area contributed by atoms with E-state index in [1.165, 1.54) is 0 Å². The zero-order valence-electron chi connectivity index (χ0n) is 12.5. The van der Waals surface area contributed by atoms with Gasteiger partial charge < -0.3 is 9.80 Å². The van der Waals surface area contributed by atoms with Crippen LogP contribution in [0.15, 0.2) is 30.6 Å². The van der Waals surface area contributed by atoms with Gasteiger partial charge in [-0.2, -0.15) is 0 Å². The normalized spacial score (nSPS) is 21.6. The fraction of sp³-hybridized carbons (Fsp3) is 0.438. The van der Waals surface area contributed by atoms with Crippen LogP contribution in [0.4, 0.5) is 9.18 Å². The zero-order chi connectivity index (χ0) is 15.7. The molecule has 0 bridgehead atoms. The first-order chi connectivity index (χ1) is 10.6. The fourth-order valence-electron chi connectivity index (χ4n) is 3.08. The highest BCUT2D eigenvalue weighted by molar-refractivity contribution is 6.30. The number of hydrogen-bond donors (Lipinski definition) is 0. The summed E-state index contributed by atoms with van der Waals surface area (Å²) in [5.74, 6) is -0.357. The first kappa shape index (κ1) is 15.2. The Bertz CT molecular complexity index is 607. The van der Waals surface area contributed by atoms with E-state index in [1.54, 1.807) is 34.2 Å². The number of likely N-dealkylation sites (tertiary alicyclic amines) is 1. The summed E-state index contributed by atoms with van der Waals surface area (Å²) < 4.78 is 14.2. The predicted molar refractivity (Wildman–Crippen MR) is 84.0 cm³/mol. The Labute approximate surface area is 134 Å². The molecule has 1 unspecified atom stereocenters. The quantitative estimate of drug-likeness (QED) is 0.791. The highest BCUT2D eigenvalue weighted by Gasteiger charge is 2.30. The van der Waals surface area contributed by atoms with Gasteiger partial charge in [-0.15, -0.1) is 0 Å². The second-order valence-corrected chi connectivity index (χ2v) is 6.28. The average molecular weight is 324 g/mol. The van der Waals surface area contributed by atoms with Crippen molar-refractivity contribution in [3.05, 3.63) is 47.0 Å². The number of urea groups is 1. The molecule has 1 saturated heterocycles. The Balaban J connectivity index is 1.73. The summed E-state index contributed by atoms with van der Waals surface area (Å²) in [4.78, 5) is 18.0. The van der Waals surface area contributed by atoms with E-state index >= 15 is 0 Å². The number of nitrogens with zero attached hydrogens (tertiary/aromatic N) is 3. The molecular formula is C16H19ClFN3O. The minimum absolute atomic E-state index is 0.000659. The Morgan fingerprint density at radius 3 is 2.91 bits per heavy atom. The molecule has 0 aromatic heterocycles. The lowest BCUT2D eigenvalue weighted by Gasteiger charge is -2.35. The lowest BCUT2D eigenvalue weighted by Crippen LogP contribution is -2.45. The largest absolute Gasteiger partial charge is 0.361 e. The summed E-state index contributed by atoms with van der Waals surface area (Å²) in [5, 5.41) is 0.144. The van der Waals surface area contributed by atoms with Crippen LogP contribution in [0.25, 0.3) is 0 Å². The molecule has 6 heteroatoms. The standard InChI is InChI=1S/C16H19ClFN3O/c1-19-8-9-21(11-19)16(22)20-7-3-4-12(10-20)13-5-2-6-14(17)15(13)18/h2,5-6,8-9,12H,3-4,7,10-11H2,1H3. The van der Waals surface area contributed by atoms with Gasteiger partial charge in [0, 0.05) is 38.5 Å². The highest BCUT2D eigenvalue weighted by Crippen LogP contribution is 2.31. The van der Waals surface area contributed by atoms with Crippen molar-refractivity contribution >= 4 is 17.6 Å². The van der Waals surface area contributed by atoms with Crippen LogP contribution in [0.3, 0.4) is 0 Å². The van der Waals surface area contributed by atoms with E-state index in [1.807, 2.05) is 18.1 Å². The molecule has 2 heterocycles. The van der Waals surface area contributed by atoms with Crippen LogP contribution in [-0.4, -0.2) is 47.5 Å². The number of carbonyl (C=O) groups excluding carboxylic acids is 1. The first-order valence-electron chi connectivity index (χ1n) is 7.44. The number of carbonyl (C=O) groups is 1. The first-order valence-corrected chi connectivity index (χ1v) is 7.82. The molecule has 1 atom stereocenters. The molecule has 2 aliphatic heterocycles. The molecule has 0 spiro atoms. The van der Waals surface area contributed by atoms with Crippen LogP contribution in [0.1, 0.15) is 24.3 Å². The van der Waals surface area contributed by atoms with Crippen molar-refractivity contribution in [2.24, 2.45) is 0 Å². The van der Waals surface area contributed by atoms with Crippen molar-refractivity contribution in [3.63, 3.8) is 0 Å². The van der Waals surface area contributed by atoms with Crippen LogP contribution in [-0.2, 0) is 0 Å². The van der Waals surface area contributed by atoms with Gasteiger partial charge in [0.25, 0.3) is 0 Å². The third-order valence-electron chi connectivity index (χ3n) is 4.24. The fourth-order valence-corrected chi connectivity index (χ4v) is 3.26. The van der Waals surface area contributed by atoms with Gasteiger partial charge >= 0.3 is 6.03 Å². The Hall–Kier alpha value is -1.75. The molecule has 0 N–H and O–H groups in total. The van der Waals surface area contributed by atoms with Gasteiger partial charge in [-0.05, 0) is 24.5 Å². The molecule has 0 radical (unpaired) electrons. The lowest BCUT2D eigenvalue weighted by molar-refractivity contribution is 0.147. The van der Waals surface area contributed by atoms with Crippen molar-refractivity contribution in [3.8, 4) is 0 Å². The summed E-state index contributed by atoms with van der Waals surface area (Å²) in [6, 6.07) is 5.06. The summed E-state index contributed by atoms with van der Waals surface area (Å²) >= 11 is 5.87. The molecule has 2 aliphatic rings. The number of benzene rings is 1. The maximum atomic E-state index is 14.2. The van der Waals surface area contributed by atoms with Gasteiger partial charge in [0.2, 0.25) is 0 Å². The molecule has 22 heavy (non-hydrogen) atoms. The molecule has 4 nitrogen and oxygen atoms in total. The molecular weight excluding hydrogens is 305 g/mol. The van der Waals surface area contributed by atoms with Crippen molar-refractivity contribution in [2.75, 3.05) is 26.8 Å². The molecule has 1 aromatic rings. The molecule has 0 aliphatic carbocycles. The predicted octanol–water partition coefficient (Wildman–Crippen LogP) is 3.45. The van der Waals surface area contributed by atoms with E-state index in [2.05, 4.69) is 0 Å². The van der Waals surface area contributed by atoms with Gasteiger partial charge in [0.15, 0.2) is 0 Å². The van der Waals surface area contributed by atoms with E-state index in [0.717, 1.165) is 12.8 Å². The van der Waals surface area contributed by atoms with Crippen LogP contribution in [0.5, 0.6) is 0 Å². The highest BCUT2D eigenvalue weighted by atomic mass is 35.5. The summed E-state index contributed by atoms with van der Waals surface area (Å²) in [7, 11) is 1.92. The molecule has 1 fully saturated rings. The number of halogens is 2. The molecule has 1 aromatic carbocycles. The van der Waals surface area contributed by atoms with E-state index in [9.17, 15) is 9.18 Å². The lowest BCUT2D eigenvalue weighted by atomic mass is 9.90. The molecule has 118 valence electrons. The average Bonchev–Trinajstić information content (AvgIpc) is 2.96. The number of amides is 2. The summed E-state index contributed by atoms with van der Waals surface area (Å²) in [5.41, 5.74) is 0.610. The smallest absolute Gasteiger partial charge is 0.325 e. The van der Waals surface area contributed by atoms with E-state index < -0.39 is 0 Å². The summed E-state index contributed by atoms with van der Waals surface area (Å²) in [6.45, 7) is 1.81. The number of rotatable bonds is 1. The van der Waals surface area contributed by atoms with Crippen LogP contribution in [0.2, 0.25) is 5.02 Å². The van der Waals surface area contributed by atoms with E-state index in [0.29, 0.717) is 25.3 Å². The van der Waals surface area contributed by atoms with Crippen molar-refractivity contribution < 1.29 is 9.18 Å². The minimum Gasteiger partial charge on any atom is -0.361 e. The maximum Gasteiger partial charge on any atom is 0.325 e. The van der Waals surface area contributed by atoms with Crippen molar-refractivity contribution in [1.29, 1.82) is 0 Å². The Morgan fingerprint density at radius 1 is 1.36 bits per heavy atom. The van der Waals surface area contributed by atoms with Crippen molar-refractivity contribution in [2.45, 2.75) is 18.8 Å². The molecule has 3 rings (SSSR count). The van der Waals surface area contributed by atoms with Gasteiger partial charge in [-0.25, -0.2) is 9.18 Å². The number of piperidine rings is 1. The van der Waals surface area contributed by atoms with Gasteiger partial charge in [-0.3, -0.25) is 4.90 Å². The van der Waals surface area contributed by atoms with E-state index in [-0.39, 0.29) is 22.8 Å². The second kappa shape index (κ2) is 6.16. The monoisotopic (exact) mass is 323 g/mol. The molecule has 2 amide bonds. The van der Waals surface area contributed by atoms with Gasteiger partial charge in [0.1, 0.15) is 5.82 Å². The second-order valence-electron chi connectivity index (χ2n) is 5.88. The summed E-state index contributed by atoms with van der Waals surface area (Å²) in [6.07, 6.45) is 5.40. The minimum atomic E-state index is -0.357. The van der Waals surface area contributed by atoms with Crippen LogP contribution in [0, 0.1) is 5.82 Å². The Morgan fingerprint density at radius 2 is 2.18 bits per heavy atom. The third-order valence-corrected chi connectivity index (χ3v) is 4.53. The Kier molecular flexibility index (Phi) is 4.25. The third kappa shape index (κ3) is 2.90. The van der Waals surface area contributed by atoms with Crippen molar-refractivity contribution in [1.82, 2.24) is 14.7 Å². The zero-order valence-corrected chi connectivity index (χ0v) is 13.3. The van der Waals surface area contributed by atoms with E-state index in [4.69, 9.17) is 11.6 Å². The topological polar surface area (TPSA) is 26.8 Å². The van der Waals surface area contributed by atoms with Gasteiger partial charge in [0.05, 0.1) is 11.7 Å². The van der Waals surface area contributed by atoms with Gasteiger partial charge in [-0.1, -0.05) is 23.7 Å². The van der Waals surface area contributed by atoms with Crippen LogP contribution >= 0.6 is 11.6 Å².